The molecule has 4 aromatic rings. The topological polar surface area (TPSA) is 52.4 Å². The molecule has 1 aliphatic carbocycles. The molecular formula is C25H30N4O2S. The Hall–Kier alpha value is -2.80. The van der Waals surface area contributed by atoms with E-state index in [2.05, 4.69) is 39.7 Å². The van der Waals surface area contributed by atoms with E-state index in [9.17, 15) is 0 Å². The SMILES string of the molecule is COc1cc2ncn(CCc3ccc4nc(N(C)C5CCCCC5)sc4c3)c2cc1OC. The lowest BCUT2D eigenvalue weighted by Gasteiger charge is -2.30. The van der Waals surface area contributed by atoms with E-state index in [4.69, 9.17) is 14.5 Å². The molecule has 7 heteroatoms. The molecule has 0 bridgehead atoms. The van der Waals surface area contributed by atoms with Crippen LogP contribution in [0.5, 0.6) is 11.5 Å². The van der Waals surface area contributed by atoms with E-state index < -0.39 is 0 Å². The van der Waals surface area contributed by atoms with Crippen molar-refractivity contribution in [2.75, 3.05) is 26.2 Å². The van der Waals surface area contributed by atoms with Crippen LogP contribution in [0.3, 0.4) is 0 Å². The van der Waals surface area contributed by atoms with Crippen molar-refractivity contribution in [1.29, 1.82) is 0 Å². The smallest absolute Gasteiger partial charge is 0.186 e. The first kappa shape index (κ1) is 21.1. The summed E-state index contributed by atoms with van der Waals surface area (Å²) in [6.45, 7) is 0.852. The van der Waals surface area contributed by atoms with Gasteiger partial charge in [-0.2, -0.15) is 0 Å². The number of fused-ring (bicyclic) bond motifs is 2. The molecule has 1 fully saturated rings. The standard InChI is InChI=1S/C25H30N4O2S/c1-28(18-7-5-4-6-8-18)25-27-19-10-9-17(13-24(19)32-25)11-12-29-16-26-20-14-22(30-2)23(31-3)15-21(20)29/h9-10,13-16,18H,4-8,11-12H2,1-3H3. The maximum Gasteiger partial charge on any atom is 0.186 e. The van der Waals surface area contributed by atoms with Crippen LogP contribution in [-0.2, 0) is 13.0 Å². The summed E-state index contributed by atoms with van der Waals surface area (Å²) in [4.78, 5) is 11.9. The lowest BCUT2D eigenvalue weighted by molar-refractivity contribution is 0.355. The van der Waals surface area contributed by atoms with Gasteiger partial charge in [0.1, 0.15) is 0 Å². The summed E-state index contributed by atoms with van der Waals surface area (Å²) < 4.78 is 14.3. The van der Waals surface area contributed by atoms with Gasteiger partial charge in [0.05, 0.1) is 41.8 Å². The minimum Gasteiger partial charge on any atom is -0.493 e. The number of thiazole rings is 1. The second-order valence-corrected chi connectivity index (χ2v) is 9.59. The molecule has 2 aromatic carbocycles. The molecule has 0 N–H and O–H groups in total. The maximum absolute atomic E-state index is 5.47. The number of aromatic nitrogens is 3. The van der Waals surface area contributed by atoms with Crippen molar-refractivity contribution in [3.05, 3.63) is 42.2 Å². The number of methoxy groups -OCH3 is 2. The van der Waals surface area contributed by atoms with Crippen LogP contribution in [-0.4, -0.2) is 41.8 Å². The number of imidazole rings is 1. The first-order chi connectivity index (χ1) is 15.7. The van der Waals surface area contributed by atoms with Crippen LogP contribution in [0.1, 0.15) is 37.7 Å². The molecule has 2 heterocycles. The maximum atomic E-state index is 5.47. The predicted octanol–water partition coefficient (Wildman–Crippen LogP) is 5.67. The highest BCUT2D eigenvalue weighted by Gasteiger charge is 2.21. The monoisotopic (exact) mass is 450 g/mol. The lowest BCUT2D eigenvalue weighted by atomic mass is 9.95. The van der Waals surface area contributed by atoms with Gasteiger partial charge in [0.25, 0.3) is 0 Å². The minimum atomic E-state index is 0.633. The summed E-state index contributed by atoms with van der Waals surface area (Å²) in [6, 6.07) is 11.2. The van der Waals surface area contributed by atoms with E-state index in [0.29, 0.717) is 11.8 Å². The molecule has 0 aliphatic heterocycles. The van der Waals surface area contributed by atoms with Gasteiger partial charge in [-0.25, -0.2) is 9.97 Å². The van der Waals surface area contributed by atoms with Crippen LogP contribution in [0, 0.1) is 0 Å². The Labute approximate surface area is 192 Å². The molecule has 1 saturated carbocycles. The van der Waals surface area contributed by atoms with Gasteiger partial charge in [0, 0.05) is 31.8 Å². The Bertz CT molecular complexity index is 1230. The summed E-state index contributed by atoms with van der Waals surface area (Å²) in [6.07, 6.45) is 9.45. The third-order valence-electron chi connectivity index (χ3n) is 6.63. The van der Waals surface area contributed by atoms with Crippen molar-refractivity contribution >= 4 is 37.7 Å². The van der Waals surface area contributed by atoms with Crippen LogP contribution < -0.4 is 14.4 Å². The van der Waals surface area contributed by atoms with Gasteiger partial charge in [-0.1, -0.05) is 36.7 Å². The zero-order valence-electron chi connectivity index (χ0n) is 19.0. The van der Waals surface area contributed by atoms with E-state index in [0.717, 1.165) is 40.4 Å². The van der Waals surface area contributed by atoms with Gasteiger partial charge in [-0.05, 0) is 37.0 Å². The lowest BCUT2D eigenvalue weighted by Crippen LogP contribution is -2.33. The Morgan fingerprint density at radius 1 is 1.03 bits per heavy atom. The number of benzene rings is 2. The van der Waals surface area contributed by atoms with Gasteiger partial charge < -0.3 is 18.9 Å². The van der Waals surface area contributed by atoms with E-state index in [1.807, 2.05) is 29.8 Å². The minimum absolute atomic E-state index is 0.633. The number of hydrogen-bond acceptors (Lipinski definition) is 6. The normalized spacial score (nSPS) is 14.8. The van der Waals surface area contributed by atoms with Crippen LogP contribution in [0.2, 0.25) is 0 Å². The van der Waals surface area contributed by atoms with Crippen molar-refractivity contribution in [2.45, 2.75) is 51.1 Å². The molecule has 0 unspecified atom stereocenters. The summed E-state index contributed by atoms with van der Waals surface area (Å²) in [5, 5.41) is 1.14. The summed E-state index contributed by atoms with van der Waals surface area (Å²) in [5.74, 6) is 1.43. The third-order valence-corrected chi connectivity index (χ3v) is 7.74. The molecule has 2 aromatic heterocycles. The molecule has 0 spiro atoms. The van der Waals surface area contributed by atoms with E-state index >= 15 is 0 Å². The number of ether oxygens (including phenoxy) is 2. The molecule has 1 aliphatic rings. The van der Waals surface area contributed by atoms with Crippen LogP contribution in [0.15, 0.2) is 36.7 Å². The van der Waals surface area contributed by atoms with Gasteiger partial charge in [-0.3, -0.25) is 0 Å². The Balaban J connectivity index is 1.33. The third kappa shape index (κ3) is 4.01. The molecule has 6 nitrogen and oxygen atoms in total. The van der Waals surface area contributed by atoms with Gasteiger partial charge in [0.15, 0.2) is 16.6 Å². The summed E-state index contributed by atoms with van der Waals surface area (Å²) >= 11 is 1.81. The Morgan fingerprint density at radius 2 is 1.81 bits per heavy atom. The second kappa shape index (κ2) is 8.98. The van der Waals surface area contributed by atoms with Crippen molar-refractivity contribution in [3.63, 3.8) is 0 Å². The van der Waals surface area contributed by atoms with E-state index in [-0.39, 0.29) is 0 Å². The predicted molar refractivity (Wildman–Crippen MR) is 131 cm³/mol. The number of rotatable bonds is 7. The average molecular weight is 451 g/mol. The molecule has 0 radical (unpaired) electrons. The number of hydrogen-bond donors (Lipinski definition) is 0. The highest BCUT2D eigenvalue weighted by Crippen LogP contribution is 2.34. The highest BCUT2D eigenvalue weighted by molar-refractivity contribution is 7.22. The molecule has 0 atom stereocenters. The number of nitrogens with zero attached hydrogens (tertiary/aromatic N) is 4. The molecule has 32 heavy (non-hydrogen) atoms. The largest absolute Gasteiger partial charge is 0.493 e. The van der Waals surface area contributed by atoms with E-state index in [1.165, 1.54) is 42.4 Å². The molecule has 0 amide bonds. The fraction of sp³-hybridized carbons (Fsp3) is 0.440. The Kier molecular flexibility index (Phi) is 5.91. The fourth-order valence-corrected chi connectivity index (χ4v) is 5.76. The average Bonchev–Trinajstić information content (AvgIpc) is 3.45. The van der Waals surface area contributed by atoms with Gasteiger partial charge >= 0.3 is 0 Å². The van der Waals surface area contributed by atoms with Gasteiger partial charge in [-0.15, -0.1) is 0 Å². The highest BCUT2D eigenvalue weighted by atomic mass is 32.1. The van der Waals surface area contributed by atoms with Crippen LogP contribution >= 0.6 is 11.3 Å². The van der Waals surface area contributed by atoms with Crippen molar-refractivity contribution in [3.8, 4) is 11.5 Å². The molecule has 0 saturated heterocycles. The van der Waals surface area contributed by atoms with Gasteiger partial charge in [0.2, 0.25) is 0 Å². The van der Waals surface area contributed by atoms with Crippen LogP contribution in [0.25, 0.3) is 21.3 Å². The Morgan fingerprint density at radius 3 is 2.59 bits per heavy atom. The van der Waals surface area contributed by atoms with E-state index in [1.54, 1.807) is 14.2 Å². The first-order valence-corrected chi connectivity index (χ1v) is 12.2. The van der Waals surface area contributed by atoms with Crippen LogP contribution in [0.4, 0.5) is 5.13 Å². The zero-order chi connectivity index (χ0) is 22.1. The number of aryl methyl sites for hydroxylation is 2. The fourth-order valence-electron chi connectivity index (χ4n) is 4.70. The van der Waals surface area contributed by atoms with Crippen molar-refractivity contribution < 1.29 is 9.47 Å². The molecule has 168 valence electrons. The summed E-state index contributed by atoms with van der Waals surface area (Å²) in [5.41, 5.74) is 4.38. The van der Waals surface area contributed by atoms with Crippen molar-refractivity contribution in [2.24, 2.45) is 0 Å². The van der Waals surface area contributed by atoms with Crippen molar-refractivity contribution in [1.82, 2.24) is 14.5 Å². The molecule has 5 rings (SSSR count). The quantitative estimate of drug-likeness (QED) is 0.363. The summed E-state index contributed by atoms with van der Waals surface area (Å²) in [7, 11) is 5.52. The molecular weight excluding hydrogens is 420 g/mol. The second-order valence-electron chi connectivity index (χ2n) is 8.59. The first-order valence-electron chi connectivity index (χ1n) is 11.4. The number of anilines is 1. The zero-order valence-corrected chi connectivity index (χ0v) is 19.8.